The lowest BCUT2D eigenvalue weighted by molar-refractivity contribution is 0.142. The van der Waals surface area contributed by atoms with Gasteiger partial charge < -0.3 is 9.84 Å². The van der Waals surface area contributed by atoms with Gasteiger partial charge in [0.05, 0.1) is 25.4 Å². The lowest BCUT2D eigenvalue weighted by atomic mass is 9.95. The lowest BCUT2D eigenvalue weighted by Crippen LogP contribution is -2.15. The van der Waals surface area contributed by atoms with Crippen LogP contribution in [-0.4, -0.2) is 24.9 Å². The first-order chi connectivity index (χ1) is 8.15. The Bertz CT molecular complexity index is 469. The van der Waals surface area contributed by atoms with Crippen molar-refractivity contribution in [2.24, 2.45) is 0 Å². The summed E-state index contributed by atoms with van der Waals surface area (Å²) < 4.78 is 45.3. The molecular formula is C12H11F3O2. The van der Waals surface area contributed by atoms with E-state index in [0.717, 1.165) is 12.1 Å². The number of rotatable bonds is 2. The highest BCUT2D eigenvalue weighted by Crippen LogP contribution is 2.31. The standard InChI is InChI=1S/C12H11F3O2/c13-9-1-2-10(14)12(15)11(9)8-3-4-17-6-7(8)5-16/h1-2,16H,3-6H2. The molecule has 2 rings (SSSR count). The van der Waals surface area contributed by atoms with Crippen molar-refractivity contribution < 1.29 is 23.0 Å². The van der Waals surface area contributed by atoms with Gasteiger partial charge in [-0.15, -0.1) is 0 Å². The van der Waals surface area contributed by atoms with E-state index in [1.807, 2.05) is 0 Å². The molecule has 1 aliphatic heterocycles. The minimum Gasteiger partial charge on any atom is -0.392 e. The topological polar surface area (TPSA) is 29.5 Å². The molecule has 0 fully saturated rings. The van der Waals surface area contributed by atoms with Crippen molar-refractivity contribution in [2.75, 3.05) is 19.8 Å². The fourth-order valence-corrected chi connectivity index (χ4v) is 1.88. The molecule has 0 aromatic heterocycles. The van der Waals surface area contributed by atoms with Crippen LogP contribution in [0, 0.1) is 17.5 Å². The maximum atomic E-state index is 13.6. The normalized spacial score (nSPS) is 16.5. The molecule has 1 aromatic carbocycles. The van der Waals surface area contributed by atoms with Crippen LogP contribution in [0.5, 0.6) is 0 Å². The smallest absolute Gasteiger partial charge is 0.169 e. The van der Waals surface area contributed by atoms with Crippen molar-refractivity contribution in [1.82, 2.24) is 0 Å². The summed E-state index contributed by atoms with van der Waals surface area (Å²) in [6, 6.07) is 1.62. The predicted molar refractivity (Wildman–Crippen MR) is 55.8 cm³/mol. The lowest BCUT2D eigenvalue weighted by Gasteiger charge is -2.20. The summed E-state index contributed by atoms with van der Waals surface area (Å²) in [5, 5.41) is 9.10. The molecule has 5 heteroatoms. The molecule has 0 radical (unpaired) electrons. The third kappa shape index (κ3) is 2.21. The Balaban J connectivity index is 2.59. The highest BCUT2D eigenvalue weighted by molar-refractivity contribution is 5.70. The second kappa shape index (κ2) is 4.89. The van der Waals surface area contributed by atoms with E-state index in [9.17, 15) is 13.2 Å². The summed E-state index contributed by atoms with van der Waals surface area (Å²) in [5.74, 6) is -3.14. The first-order valence-electron chi connectivity index (χ1n) is 5.18. The van der Waals surface area contributed by atoms with Crippen LogP contribution in [0.4, 0.5) is 13.2 Å². The Morgan fingerprint density at radius 3 is 2.59 bits per heavy atom. The second-order valence-electron chi connectivity index (χ2n) is 3.76. The number of aliphatic hydroxyl groups is 1. The van der Waals surface area contributed by atoms with Gasteiger partial charge in [0.1, 0.15) is 5.82 Å². The van der Waals surface area contributed by atoms with Crippen molar-refractivity contribution in [1.29, 1.82) is 0 Å². The van der Waals surface area contributed by atoms with Gasteiger partial charge >= 0.3 is 0 Å². The number of ether oxygens (including phenoxy) is 1. The van der Waals surface area contributed by atoms with Crippen molar-refractivity contribution in [3.05, 3.63) is 40.7 Å². The molecular weight excluding hydrogens is 233 g/mol. The monoisotopic (exact) mass is 244 g/mol. The average molecular weight is 244 g/mol. The maximum Gasteiger partial charge on any atom is 0.169 e. The van der Waals surface area contributed by atoms with Crippen LogP contribution in [0.1, 0.15) is 12.0 Å². The molecule has 0 amide bonds. The number of hydrogen-bond acceptors (Lipinski definition) is 2. The molecule has 0 saturated carbocycles. The van der Waals surface area contributed by atoms with Gasteiger partial charge in [-0.1, -0.05) is 0 Å². The Morgan fingerprint density at radius 1 is 1.18 bits per heavy atom. The van der Waals surface area contributed by atoms with Gasteiger partial charge in [0.15, 0.2) is 11.6 Å². The van der Waals surface area contributed by atoms with E-state index in [-0.39, 0.29) is 19.6 Å². The number of aliphatic hydroxyl groups excluding tert-OH is 1. The largest absolute Gasteiger partial charge is 0.392 e. The van der Waals surface area contributed by atoms with E-state index in [1.54, 1.807) is 0 Å². The van der Waals surface area contributed by atoms with Crippen LogP contribution in [0.2, 0.25) is 0 Å². The molecule has 0 spiro atoms. The predicted octanol–water partition coefficient (Wildman–Crippen LogP) is 2.27. The summed E-state index contributed by atoms with van der Waals surface area (Å²) in [4.78, 5) is 0. The first-order valence-corrected chi connectivity index (χ1v) is 5.18. The molecule has 92 valence electrons. The Labute approximate surface area is 96.3 Å². The summed E-state index contributed by atoms with van der Waals surface area (Å²) >= 11 is 0. The fourth-order valence-electron chi connectivity index (χ4n) is 1.88. The van der Waals surface area contributed by atoms with Crippen LogP contribution >= 0.6 is 0 Å². The molecule has 0 bridgehead atoms. The second-order valence-corrected chi connectivity index (χ2v) is 3.76. The minimum absolute atomic E-state index is 0.112. The zero-order valence-electron chi connectivity index (χ0n) is 8.97. The maximum absolute atomic E-state index is 13.6. The van der Waals surface area contributed by atoms with Crippen LogP contribution in [0.3, 0.4) is 0 Å². The van der Waals surface area contributed by atoms with Crippen molar-refractivity contribution >= 4 is 5.57 Å². The third-order valence-corrected chi connectivity index (χ3v) is 2.74. The molecule has 2 nitrogen and oxygen atoms in total. The molecule has 0 saturated heterocycles. The highest BCUT2D eigenvalue weighted by Gasteiger charge is 2.22. The minimum atomic E-state index is -1.21. The summed E-state index contributed by atoms with van der Waals surface area (Å²) in [7, 11) is 0. The molecule has 0 unspecified atom stereocenters. The van der Waals surface area contributed by atoms with Crippen molar-refractivity contribution in [2.45, 2.75) is 6.42 Å². The van der Waals surface area contributed by atoms with Crippen LogP contribution in [-0.2, 0) is 4.74 Å². The quantitative estimate of drug-likeness (QED) is 0.809. The molecule has 0 atom stereocenters. The summed E-state index contributed by atoms with van der Waals surface area (Å²) in [6.45, 7) is 0.0557. The number of hydrogen-bond donors (Lipinski definition) is 1. The third-order valence-electron chi connectivity index (χ3n) is 2.74. The van der Waals surface area contributed by atoms with E-state index >= 15 is 0 Å². The van der Waals surface area contributed by atoms with Crippen LogP contribution in [0.15, 0.2) is 17.7 Å². The van der Waals surface area contributed by atoms with Crippen LogP contribution < -0.4 is 0 Å². The number of halogens is 3. The Kier molecular flexibility index (Phi) is 3.49. The molecule has 0 aliphatic carbocycles. The van der Waals surface area contributed by atoms with Gasteiger partial charge in [-0.05, 0) is 29.7 Å². The molecule has 17 heavy (non-hydrogen) atoms. The van der Waals surface area contributed by atoms with E-state index < -0.39 is 23.0 Å². The Hall–Kier alpha value is -1.33. The zero-order valence-corrected chi connectivity index (χ0v) is 8.97. The number of benzene rings is 1. The van der Waals surface area contributed by atoms with Crippen molar-refractivity contribution in [3.63, 3.8) is 0 Å². The van der Waals surface area contributed by atoms with Gasteiger partial charge in [-0.25, -0.2) is 13.2 Å². The molecule has 1 heterocycles. The average Bonchev–Trinajstić information content (AvgIpc) is 2.35. The molecule has 1 aliphatic rings. The SMILES string of the molecule is OCC1=C(c2c(F)ccc(F)c2F)CCOC1. The summed E-state index contributed by atoms with van der Waals surface area (Å²) in [6.07, 6.45) is 0.257. The van der Waals surface area contributed by atoms with E-state index in [4.69, 9.17) is 9.84 Å². The van der Waals surface area contributed by atoms with Gasteiger partial charge in [-0.3, -0.25) is 0 Å². The Morgan fingerprint density at radius 2 is 1.88 bits per heavy atom. The summed E-state index contributed by atoms with van der Waals surface area (Å²) in [5.41, 5.74) is 0.297. The van der Waals surface area contributed by atoms with Gasteiger partial charge in [0.25, 0.3) is 0 Å². The molecule has 1 N–H and O–H groups in total. The fraction of sp³-hybridized carbons (Fsp3) is 0.333. The zero-order chi connectivity index (χ0) is 12.4. The van der Waals surface area contributed by atoms with Gasteiger partial charge in [0.2, 0.25) is 0 Å². The molecule has 1 aromatic rings. The first kappa shape index (κ1) is 12.1. The van der Waals surface area contributed by atoms with Gasteiger partial charge in [0, 0.05) is 0 Å². The van der Waals surface area contributed by atoms with E-state index in [2.05, 4.69) is 0 Å². The highest BCUT2D eigenvalue weighted by atomic mass is 19.2. The van der Waals surface area contributed by atoms with Crippen LogP contribution in [0.25, 0.3) is 5.57 Å². The van der Waals surface area contributed by atoms with Gasteiger partial charge in [-0.2, -0.15) is 0 Å². The van der Waals surface area contributed by atoms with Crippen molar-refractivity contribution in [3.8, 4) is 0 Å². The van der Waals surface area contributed by atoms with E-state index in [0.29, 0.717) is 17.8 Å². The van der Waals surface area contributed by atoms with E-state index in [1.165, 1.54) is 0 Å².